The van der Waals surface area contributed by atoms with Crippen molar-refractivity contribution in [2.45, 2.75) is 70.4 Å². The zero-order valence-electron chi connectivity index (χ0n) is 16.4. The molecular formula is C21H32N2O3S. The van der Waals surface area contributed by atoms with Crippen LogP contribution in [0.5, 0.6) is 0 Å². The predicted octanol–water partition coefficient (Wildman–Crippen LogP) is 3.98. The van der Waals surface area contributed by atoms with Crippen LogP contribution >= 0.6 is 11.3 Å². The summed E-state index contributed by atoms with van der Waals surface area (Å²) in [6.45, 7) is 3.21. The summed E-state index contributed by atoms with van der Waals surface area (Å²) in [6, 6.07) is 3.38. The largest absolute Gasteiger partial charge is 0.467 e. The zero-order chi connectivity index (χ0) is 19.1. The van der Waals surface area contributed by atoms with Crippen LogP contribution in [-0.4, -0.2) is 43.0 Å². The molecule has 1 N–H and O–H groups in total. The maximum absolute atomic E-state index is 12.7. The highest BCUT2D eigenvalue weighted by molar-refractivity contribution is 7.14. The molecule has 0 aromatic carbocycles. The maximum Gasteiger partial charge on any atom is 0.328 e. The summed E-state index contributed by atoms with van der Waals surface area (Å²) >= 11 is 1.54. The minimum absolute atomic E-state index is 0.156. The van der Waals surface area contributed by atoms with Gasteiger partial charge in [0.15, 0.2) is 0 Å². The van der Waals surface area contributed by atoms with E-state index in [9.17, 15) is 9.59 Å². The van der Waals surface area contributed by atoms with Crippen LogP contribution < -0.4 is 5.32 Å². The molecule has 1 unspecified atom stereocenters. The van der Waals surface area contributed by atoms with Crippen LogP contribution in [0.15, 0.2) is 12.1 Å². The van der Waals surface area contributed by atoms with Crippen molar-refractivity contribution in [2.75, 3.05) is 20.2 Å². The fourth-order valence-electron chi connectivity index (χ4n) is 4.26. The lowest BCUT2D eigenvalue weighted by atomic mass is 9.85. The van der Waals surface area contributed by atoms with Gasteiger partial charge < -0.3 is 10.1 Å². The molecule has 2 aliphatic rings. The molecule has 0 spiro atoms. The molecule has 0 radical (unpaired) electrons. The third-order valence-corrected chi connectivity index (χ3v) is 6.87. The van der Waals surface area contributed by atoms with Gasteiger partial charge in [0, 0.05) is 11.4 Å². The van der Waals surface area contributed by atoms with Crippen molar-refractivity contribution in [2.24, 2.45) is 5.92 Å². The molecular weight excluding hydrogens is 360 g/mol. The van der Waals surface area contributed by atoms with Gasteiger partial charge in [-0.1, -0.05) is 38.5 Å². The van der Waals surface area contributed by atoms with E-state index in [4.69, 9.17) is 4.74 Å². The van der Waals surface area contributed by atoms with E-state index in [0.717, 1.165) is 32.5 Å². The molecule has 5 nitrogen and oxygen atoms in total. The van der Waals surface area contributed by atoms with Crippen LogP contribution in [0.1, 0.15) is 72.3 Å². The number of esters is 1. The van der Waals surface area contributed by atoms with Crippen LogP contribution in [0.3, 0.4) is 0 Å². The quantitative estimate of drug-likeness (QED) is 0.713. The number of amides is 1. The Balaban J connectivity index is 1.56. The standard InChI is InChI=1S/C21H32N2O3S/c1-26-21(25)18(14-16-8-4-2-5-9-16)22-20(24)19-11-10-17(27-19)15-23-12-6-3-7-13-23/h10-11,16,18H,2-9,12-15H2,1H3,(H,22,24). The Morgan fingerprint density at radius 2 is 1.85 bits per heavy atom. The number of methoxy groups -OCH3 is 1. The molecule has 1 aliphatic carbocycles. The smallest absolute Gasteiger partial charge is 0.328 e. The van der Waals surface area contributed by atoms with E-state index in [2.05, 4.69) is 10.2 Å². The van der Waals surface area contributed by atoms with Gasteiger partial charge >= 0.3 is 5.97 Å². The van der Waals surface area contributed by atoms with Gasteiger partial charge in [0.25, 0.3) is 5.91 Å². The number of hydrogen-bond acceptors (Lipinski definition) is 5. The lowest BCUT2D eigenvalue weighted by molar-refractivity contribution is -0.143. The predicted molar refractivity (Wildman–Crippen MR) is 108 cm³/mol. The van der Waals surface area contributed by atoms with E-state index < -0.39 is 6.04 Å². The first-order valence-electron chi connectivity index (χ1n) is 10.4. The SMILES string of the molecule is COC(=O)C(CC1CCCCC1)NC(=O)c1ccc(CN2CCCCC2)s1. The van der Waals surface area contributed by atoms with Crippen molar-refractivity contribution >= 4 is 23.2 Å². The highest BCUT2D eigenvalue weighted by Gasteiger charge is 2.27. The Labute approximate surface area is 166 Å². The fraction of sp³-hybridized carbons (Fsp3) is 0.714. The number of carbonyl (C=O) groups excluding carboxylic acids is 2. The first-order valence-corrected chi connectivity index (χ1v) is 11.2. The third-order valence-electron chi connectivity index (χ3n) is 5.80. The summed E-state index contributed by atoms with van der Waals surface area (Å²) in [5.41, 5.74) is 0. The number of thiophene rings is 1. The Morgan fingerprint density at radius 1 is 1.15 bits per heavy atom. The van der Waals surface area contributed by atoms with Crippen molar-refractivity contribution < 1.29 is 14.3 Å². The lowest BCUT2D eigenvalue weighted by Gasteiger charge is -2.26. The third kappa shape index (κ3) is 6.04. The molecule has 1 saturated heterocycles. The average molecular weight is 393 g/mol. The van der Waals surface area contributed by atoms with E-state index in [1.54, 1.807) is 0 Å². The summed E-state index contributed by atoms with van der Waals surface area (Å²) in [4.78, 5) is 29.2. The second kappa shape index (κ2) is 10.2. The zero-order valence-corrected chi connectivity index (χ0v) is 17.2. The first-order chi connectivity index (χ1) is 13.2. The molecule has 1 atom stereocenters. The van der Waals surface area contributed by atoms with Crippen molar-refractivity contribution in [3.05, 3.63) is 21.9 Å². The highest BCUT2D eigenvalue weighted by Crippen LogP contribution is 2.28. The molecule has 0 bridgehead atoms. The molecule has 2 heterocycles. The van der Waals surface area contributed by atoms with E-state index in [0.29, 0.717) is 17.2 Å². The summed E-state index contributed by atoms with van der Waals surface area (Å²) in [7, 11) is 1.39. The molecule has 1 aliphatic heterocycles. The van der Waals surface area contributed by atoms with Gasteiger partial charge in [-0.3, -0.25) is 9.69 Å². The fourth-order valence-corrected chi connectivity index (χ4v) is 5.22. The van der Waals surface area contributed by atoms with Crippen molar-refractivity contribution in [3.8, 4) is 0 Å². The van der Waals surface area contributed by atoms with E-state index in [1.807, 2.05) is 12.1 Å². The number of likely N-dealkylation sites (tertiary alicyclic amines) is 1. The Bertz CT molecular complexity index is 619. The average Bonchev–Trinajstić information content (AvgIpc) is 3.17. The molecule has 1 aromatic heterocycles. The van der Waals surface area contributed by atoms with Crippen LogP contribution in [0.4, 0.5) is 0 Å². The van der Waals surface area contributed by atoms with Gasteiger partial charge in [-0.25, -0.2) is 4.79 Å². The topological polar surface area (TPSA) is 58.6 Å². The summed E-state index contributed by atoms with van der Waals surface area (Å²) in [6.07, 6.45) is 10.5. The van der Waals surface area contributed by atoms with Crippen molar-refractivity contribution in [1.82, 2.24) is 10.2 Å². The summed E-state index contributed by atoms with van der Waals surface area (Å²) < 4.78 is 4.94. The van der Waals surface area contributed by atoms with Gasteiger partial charge in [-0.05, 0) is 50.4 Å². The molecule has 1 aromatic rings. The van der Waals surface area contributed by atoms with Crippen LogP contribution in [-0.2, 0) is 16.1 Å². The molecule has 27 heavy (non-hydrogen) atoms. The normalized spacial score (nSPS) is 20.2. The number of nitrogens with zero attached hydrogens (tertiary/aromatic N) is 1. The molecule has 3 rings (SSSR count). The number of nitrogens with one attached hydrogen (secondary N) is 1. The maximum atomic E-state index is 12.7. The molecule has 6 heteroatoms. The number of piperidine rings is 1. The van der Waals surface area contributed by atoms with Gasteiger partial charge in [0.1, 0.15) is 6.04 Å². The van der Waals surface area contributed by atoms with Crippen molar-refractivity contribution in [1.29, 1.82) is 0 Å². The van der Waals surface area contributed by atoms with Crippen LogP contribution in [0, 0.1) is 5.92 Å². The number of ether oxygens (including phenoxy) is 1. The van der Waals surface area contributed by atoms with Gasteiger partial charge in [0.2, 0.25) is 0 Å². The summed E-state index contributed by atoms with van der Waals surface area (Å²) in [5, 5.41) is 2.93. The lowest BCUT2D eigenvalue weighted by Crippen LogP contribution is -2.42. The van der Waals surface area contributed by atoms with Crippen molar-refractivity contribution in [3.63, 3.8) is 0 Å². The number of hydrogen-bond donors (Lipinski definition) is 1. The Morgan fingerprint density at radius 3 is 2.56 bits per heavy atom. The Kier molecular flexibility index (Phi) is 7.70. The molecule has 150 valence electrons. The monoisotopic (exact) mass is 392 g/mol. The van der Waals surface area contributed by atoms with E-state index in [-0.39, 0.29) is 11.9 Å². The minimum atomic E-state index is -0.543. The summed E-state index contributed by atoms with van der Waals surface area (Å²) in [5.74, 6) is 0.0104. The molecule has 1 saturated carbocycles. The Hall–Kier alpha value is -1.40. The molecule has 1 amide bonds. The number of rotatable bonds is 7. The second-order valence-corrected chi connectivity index (χ2v) is 9.06. The highest BCUT2D eigenvalue weighted by atomic mass is 32.1. The second-order valence-electron chi connectivity index (χ2n) is 7.89. The number of carbonyl (C=O) groups is 2. The first kappa shape index (κ1) is 20.3. The van der Waals surface area contributed by atoms with Crippen LogP contribution in [0.2, 0.25) is 0 Å². The van der Waals surface area contributed by atoms with Gasteiger partial charge in [-0.2, -0.15) is 0 Å². The van der Waals surface area contributed by atoms with Crippen LogP contribution in [0.25, 0.3) is 0 Å². The van der Waals surface area contributed by atoms with E-state index in [1.165, 1.54) is 61.8 Å². The minimum Gasteiger partial charge on any atom is -0.467 e. The van der Waals surface area contributed by atoms with E-state index >= 15 is 0 Å². The van der Waals surface area contributed by atoms with Gasteiger partial charge in [-0.15, -0.1) is 11.3 Å². The molecule has 2 fully saturated rings. The van der Waals surface area contributed by atoms with Gasteiger partial charge in [0.05, 0.1) is 12.0 Å².